The van der Waals surface area contributed by atoms with Crippen molar-refractivity contribution in [3.8, 4) is 0 Å². The SMILES string of the molecule is CC(N)(O)c1ccccc1. The van der Waals surface area contributed by atoms with E-state index in [4.69, 9.17) is 5.73 Å². The van der Waals surface area contributed by atoms with Crippen LogP contribution < -0.4 is 5.73 Å². The predicted molar refractivity (Wildman–Crippen MR) is 40.2 cm³/mol. The Hall–Kier alpha value is -0.860. The van der Waals surface area contributed by atoms with E-state index >= 15 is 0 Å². The van der Waals surface area contributed by atoms with Crippen LogP contribution in [0.2, 0.25) is 0 Å². The quantitative estimate of drug-likeness (QED) is 0.563. The van der Waals surface area contributed by atoms with Crippen molar-refractivity contribution in [2.45, 2.75) is 12.6 Å². The number of hydrogen-bond acceptors (Lipinski definition) is 2. The standard InChI is InChI=1S/C8H11NO/c1-8(9,10)7-5-3-2-4-6-7/h2-6,10H,9H2,1H3. The van der Waals surface area contributed by atoms with Gasteiger partial charge in [-0.15, -0.1) is 0 Å². The highest BCUT2D eigenvalue weighted by Crippen LogP contribution is 2.12. The zero-order valence-corrected chi connectivity index (χ0v) is 5.91. The number of hydrogen-bond donors (Lipinski definition) is 2. The van der Waals surface area contributed by atoms with E-state index in [-0.39, 0.29) is 0 Å². The fraction of sp³-hybridized carbons (Fsp3) is 0.250. The van der Waals surface area contributed by atoms with Crippen LogP contribution in [0.25, 0.3) is 0 Å². The fourth-order valence-corrected chi connectivity index (χ4v) is 0.776. The highest BCUT2D eigenvalue weighted by atomic mass is 16.3. The van der Waals surface area contributed by atoms with Gasteiger partial charge in [0, 0.05) is 0 Å². The maximum absolute atomic E-state index is 9.27. The maximum atomic E-state index is 9.27. The molecule has 0 saturated carbocycles. The Morgan fingerprint density at radius 3 is 2.10 bits per heavy atom. The van der Waals surface area contributed by atoms with Crippen molar-refractivity contribution in [1.29, 1.82) is 0 Å². The van der Waals surface area contributed by atoms with Gasteiger partial charge in [-0.05, 0) is 12.5 Å². The second-order valence-corrected chi connectivity index (χ2v) is 2.51. The minimum absolute atomic E-state index is 0.731. The molecule has 0 aromatic heterocycles. The molecule has 0 fully saturated rings. The van der Waals surface area contributed by atoms with Gasteiger partial charge in [0.1, 0.15) is 5.72 Å². The zero-order chi connectivity index (χ0) is 7.61. The Morgan fingerprint density at radius 2 is 1.80 bits per heavy atom. The fourth-order valence-electron chi connectivity index (χ4n) is 0.776. The molecule has 0 aliphatic carbocycles. The summed E-state index contributed by atoms with van der Waals surface area (Å²) in [6.45, 7) is 1.56. The second-order valence-electron chi connectivity index (χ2n) is 2.51. The molecule has 0 saturated heterocycles. The monoisotopic (exact) mass is 137 g/mol. The van der Waals surface area contributed by atoms with E-state index in [0.29, 0.717) is 0 Å². The van der Waals surface area contributed by atoms with E-state index in [1.807, 2.05) is 18.2 Å². The molecule has 0 amide bonds. The van der Waals surface area contributed by atoms with Crippen LogP contribution in [0.1, 0.15) is 12.5 Å². The molecule has 2 heteroatoms. The molecule has 1 atom stereocenters. The average molecular weight is 137 g/mol. The van der Waals surface area contributed by atoms with Gasteiger partial charge >= 0.3 is 0 Å². The van der Waals surface area contributed by atoms with Gasteiger partial charge in [-0.2, -0.15) is 0 Å². The summed E-state index contributed by atoms with van der Waals surface area (Å²) in [5.41, 5.74) is 4.94. The summed E-state index contributed by atoms with van der Waals surface area (Å²) in [6.07, 6.45) is 0. The smallest absolute Gasteiger partial charge is 0.136 e. The van der Waals surface area contributed by atoms with E-state index in [9.17, 15) is 5.11 Å². The van der Waals surface area contributed by atoms with E-state index in [1.54, 1.807) is 19.1 Å². The summed E-state index contributed by atoms with van der Waals surface area (Å²) in [6, 6.07) is 9.16. The van der Waals surface area contributed by atoms with Gasteiger partial charge in [0.25, 0.3) is 0 Å². The Balaban J connectivity index is 2.97. The molecule has 2 nitrogen and oxygen atoms in total. The first-order valence-corrected chi connectivity index (χ1v) is 3.17. The largest absolute Gasteiger partial charge is 0.372 e. The number of nitrogens with two attached hydrogens (primary N) is 1. The van der Waals surface area contributed by atoms with Gasteiger partial charge in [0.15, 0.2) is 0 Å². The number of rotatable bonds is 1. The molecule has 0 aliphatic heterocycles. The maximum Gasteiger partial charge on any atom is 0.136 e. The molecular formula is C8H11NO. The third-order valence-corrected chi connectivity index (χ3v) is 1.36. The molecule has 0 spiro atoms. The Bertz CT molecular complexity index is 200. The Morgan fingerprint density at radius 1 is 1.30 bits per heavy atom. The Labute approximate surface area is 60.3 Å². The van der Waals surface area contributed by atoms with E-state index < -0.39 is 5.72 Å². The highest BCUT2D eigenvalue weighted by molar-refractivity contribution is 5.19. The van der Waals surface area contributed by atoms with Crippen LogP contribution in [0.15, 0.2) is 30.3 Å². The molecule has 1 rings (SSSR count). The summed E-state index contributed by atoms with van der Waals surface area (Å²) >= 11 is 0. The molecule has 0 radical (unpaired) electrons. The lowest BCUT2D eigenvalue weighted by Crippen LogP contribution is -2.31. The molecule has 1 unspecified atom stereocenters. The van der Waals surface area contributed by atoms with Crippen molar-refractivity contribution < 1.29 is 5.11 Å². The van der Waals surface area contributed by atoms with Crippen molar-refractivity contribution in [2.75, 3.05) is 0 Å². The van der Waals surface area contributed by atoms with Crippen LogP contribution in [-0.2, 0) is 5.72 Å². The van der Waals surface area contributed by atoms with E-state index in [0.717, 1.165) is 5.56 Å². The van der Waals surface area contributed by atoms with Gasteiger partial charge in [-0.25, -0.2) is 0 Å². The number of benzene rings is 1. The van der Waals surface area contributed by atoms with Gasteiger partial charge in [0.05, 0.1) is 0 Å². The first-order valence-electron chi connectivity index (χ1n) is 3.17. The van der Waals surface area contributed by atoms with Crippen molar-refractivity contribution in [1.82, 2.24) is 0 Å². The molecule has 1 aromatic rings. The molecular weight excluding hydrogens is 126 g/mol. The van der Waals surface area contributed by atoms with E-state index in [2.05, 4.69) is 0 Å². The van der Waals surface area contributed by atoms with Crippen LogP contribution in [-0.4, -0.2) is 5.11 Å². The lowest BCUT2D eigenvalue weighted by molar-refractivity contribution is 0.0647. The van der Waals surface area contributed by atoms with Crippen molar-refractivity contribution in [3.05, 3.63) is 35.9 Å². The first-order chi connectivity index (χ1) is 4.61. The minimum atomic E-state index is -1.21. The van der Waals surface area contributed by atoms with Gasteiger partial charge in [0.2, 0.25) is 0 Å². The number of aliphatic hydroxyl groups is 1. The summed E-state index contributed by atoms with van der Waals surface area (Å²) in [4.78, 5) is 0. The summed E-state index contributed by atoms with van der Waals surface area (Å²) in [5.74, 6) is 0. The molecule has 10 heavy (non-hydrogen) atoms. The van der Waals surface area contributed by atoms with Gasteiger partial charge in [-0.3, -0.25) is 0 Å². The molecule has 54 valence electrons. The van der Waals surface area contributed by atoms with Crippen LogP contribution >= 0.6 is 0 Å². The van der Waals surface area contributed by atoms with Crippen LogP contribution in [0.5, 0.6) is 0 Å². The normalized spacial score (nSPS) is 16.3. The minimum Gasteiger partial charge on any atom is -0.372 e. The summed E-state index contributed by atoms with van der Waals surface area (Å²) in [7, 11) is 0. The lowest BCUT2D eigenvalue weighted by Gasteiger charge is -2.16. The van der Waals surface area contributed by atoms with Gasteiger partial charge < -0.3 is 10.8 Å². The average Bonchev–Trinajstić information content (AvgIpc) is 1.88. The first kappa shape index (κ1) is 7.25. The van der Waals surface area contributed by atoms with Gasteiger partial charge in [-0.1, -0.05) is 30.3 Å². The third-order valence-electron chi connectivity index (χ3n) is 1.36. The summed E-state index contributed by atoms with van der Waals surface area (Å²) in [5, 5.41) is 9.27. The molecule has 3 N–H and O–H groups in total. The summed E-state index contributed by atoms with van der Waals surface area (Å²) < 4.78 is 0. The topological polar surface area (TPSA) is 46.2 Å². The molecule has 0 heterocycles. The lowest BCUT2D eigenvalue weighted by atomic mass is 10.1. The molecule has 1 aromatic carbocycles. The van der Waals surface area contributed by atoms with E-state index in [1.165, 1.54) is 0 Å². The Kier molecular flexibility index (Phi) is 1.74. The van der Waals surface area contributed by atoms with Crippen molar-refractivity contribution in [2.24, 2.45) is 5.73 Å². The van der Waals surface area contributed by atoms with Crippen LogP contribution in [0.4, 0.5) is 0 Å². The molecule has 0 aliphatic rings. The zero-order valence-electron chi connectivity index (χ0n) is 5.91. The third kappa shape index (κ3) is 1.56. The highest BCUT2D eigenvalue weighted by Gasteiger charge is 2.14. The van der Waals surface area contributed by atoms with Crippen molar-refractivity contribution in [3.63, 3.8) is 0 Å². The van der Waals surface area contributed by atoms with Crippen molar-refractivity contribution >= 4 is 0 Å². The predicted octanol–water partition coefficient (Wildman–Crippen LogP) is 0.810. The van der Waals surface area contributed by atoms with Crippen LogP contribution in [0, 0.1) is 0 Å². The van der Waals surface area contributed by atoms with Crippen LogP contribution in [0.3, 0.4) is 0 Å². The second kappa shape index (κ2) is 2.40. The molecule has 0 bridgehead atoms.